The highest BCUT2D eigenvalue weighted by molar-refractivity contribution is 5.91. The van der Waals surface area contributed by atoms with Crippen molar-refractivity contribution in [3.8, 4) is 0 Å². The van der Waals surface area contributed by atoms with Gasteiger partial charge in [-0.2, -0.15) is 0 Å². The maximum Gasteiger partial charge on any atom is 0.0308 e. The maximum absolute atomic E-state index is 7.38. The van der Waals surface area contributed by atoms with E-state index in [1.807, 2.05) is 13.0 Å². The summed E-state index contributed by atoms with van der Waals surface area (Å²) in [6.45, 7) is 8.59. The monoisotopic (exact) mass is 153 g/mol. The fraction of sp³-hybridized carbons (Fsp3) is 0.700. The van der Waals surface area contributed by atoms with Gasteiger partial charge in [0.05, 0.1) is 0 Å². The fourth-order valence-corrected chi connectivity index (χ4v) is 0.608. The third-order valence-corrected chi connectivity index (χ3v) is 2.03. The van der Waals surface area contributed by atoms with Gasteiger partial charge in [0, 0.05) is 5.71 Å². The van der Waals surface area contributed by atoms with Gasteiger partial charge in [-0.05, 0) is 24.3 Å². The lowest BCUT2D eigenvalue weighted by molar-refractivity contribution is 0.504. The molecular weight excluding hydrogens is 134 g/mol. The first kappa shape index (κ1) is 10.4. The van der Waals surface area contributed by atoms with E-state index in [9.17, 15) is 0 Å². The van der Waals surface area contributed by atoms with Crippen LogP contribution in [0.3, 0.4) is 0 Å². The van der Waals surface area contributed by atoms with Crippen LogP contribution in [0.25, 0.3) is 0 Å². The first-order valence-corrected chi connectivity index (χ1v) is 4.33. The normalized spacial score (nSPS) is 14.3. The van der Waals surface area contributed by atoms with Gasteiger partial charge < -0.3 is 5.41 Å². The highest BCUT2D eigenvalue weighted by Crippen LogP contribution is 2.10. The molecule has 0 amide bonds. The van der Waals surface area contributed by atoms with Crippen LogP contribution in [0.1, 0.15) is 34.1 Å². The molecule has 1 atom stereocenters. The van der Waals surface area contributed by atoms with E-state index in [2.05, 4.69) is 26.8 Å². The summed E-state index contributed by atoms with van der Waals surface area (Å²) in [5.74, 6) is 1.26. The molecule has 0 aromatic heterocycles. The average molecular weight is 153 g/mol. The van der Waals surface area contributed by atoms with E-state index >= 15 is 0 Å². The van der Waals surface area contributed by atoms with E-state index in [1.165, 1.54) is 0 Å². The fourth-order valence-electron chi connectivity index (χ4n) is 0.608. The zero-order valence-corrected chi connectivity index (χ0v) is 8.02. The summed E-state index contributed by atoms with van der Waals surface area (Å²) < 4.78 is 0. The molecule has 64 valence electrons. The quantitative estimate of drug-likeness (QED) is 0.599. The molecule has 1 heteroatoms. The molecule has 0 spiro atoms. The Kier molecular flexibility index (Phi) is 4.84. The van der Waals surface area contributed by atoms with Gasteiger partial charge in [-0.3, -0.25) is 0 Å². The Morgan fingerprint density at radius 1 is 1.36 bits per heavy atom. The second kappa shape index (κ2) is 5.11. The van der Waals surface area contributed by atoms with E-state index < -0.39 is 0 Å². The van der Waals surface area contributed by atoms with Crippen molar-refractivity contribution in [1.29, 1.82) is 5.41 Å². The van der Waals surface area contributed by atoms with Crippen molar-refractivity contribution < 1.29 is 0 Å². The number of allylic oxidation sites excluding steroid dienone is 2. The molecule has 0 aromatic carbocycles. The van der Waals surface area contributed by atoms with Gasteiger partial charge in [0.1, 0.15) is 0 Å². The van der Waals surface area contributed by atoms with Crippen LogP contribution >= 0.6 is 0 Å². The zero-order chi connectivity index (χ0) is 8.85. The second-order valence-electron chi connectivity index (χ2n) is 3.34. The van der Waals surface area contributed by atoms with Crippen molar-refractivity contribution in [1.82, 2.24) is 0 Å². The van der Waals surface area contributed by atoms with Gasteiger partial charge in [-0.25, -0.2) is 0 Å². The molecule has 0 aliphatic heterocycles. The van der Waals surface area contributed by atoms with Crippen LogP contribution in [0.4, 0.5) is 0 Å². The maximum atomic E-state index is 7.38. The molecule has 0 radical (unpaired) electrons. The SMILES string of the molecule is CCC(=N)/C=C\C(C)C(C)C. The first-order chi connectivity index (χ1) is 5.07. The van der Waals surface area contributed by atoms with Crippen molar-refractivity contribution >= 4 is 5.71 Å². The van der Waals surface area contributed by atoms with Crippen LogP contribution in [0, 0.1) is 17.2 Å². The summed E-state index contributed by atoms with van der Waals surface area (Å²) in [5, 5.41) is 7.38. The topological polar surface area (TPSA) is 23.9 Å². The number of rotatable bonds is 4. The van der Waals surface area contributed by atoms with Crippen molar-refractivity contribution in [3.05, 3.63) is 12.2 Å². The van der Waals surface area contributed by atoms with Crippen molar-refractivity contribution in [2.24, 2.45) is 11.8 Å². The molecule has 0 aromatic rings. The molecule has 0 saturated heterocycles. The predicted octanol–water partition coefficient (Wildman–Crippen LogP) is 3.26. The highest BCUT2D eigenvalue weighted by Gasteiger charge is 2.01. The van der Waals surface area contributed by atoms with Crippen molar-refractivity contribution in [3.63, 3.8) is 0 Å². The first-order valence-electron chi connectivity index (χ1n) is 4.33. The number of nitrogens with one attached hydrogen (secondary N) is 1. The molecule has 0 aliphatic rings. The molecule has 1 N–H and O–H groups in total. The van der Waals surface area contributed by atoms with Crippen LogP contribution < -0.4 is 0 Å². The van der Waals surface area contributed by atoms with E-state index in [-0.39, 0.29) is 0 Å². The summed E-state index contributed by atoms with van der Waals surface area (Å²) in [7, 11) is 0. The number of hydrogen-bond donors (Lipinski definition) is 1. The van der Waals surface area contributed by atoms with Crippen LogP contribution in [-0.2, 0) is 0 Å². The van der Waals surface area contributed by atoms with Gasteiger partial charge in [0.25, 0.3) is 0 Å². The number of hydrogen-bond acceptors (Lipinski definition) is 1. The summed E-state index contributed by atoms with van der Waals surface area (Å²) in [6.07, 6.45) is 4.88. The molecule has 1 nitrogen and oxygen atoms in total. The highest BCUT2D eigenvalue weighted by atomic mass is 14.4. The van der Waals surface area contributed by atoms with Crippen LogP contribution in [0.15, 0.2) is 12.2 Å². The zero-order valence-electron chi connectivity index (χ0n) is 8.02. The minimum Gasteiger partial charge on any atom is -0.305 e. The van der Waals surface area contributed by atoms with E-state index in [0.717, 1.165) is 12.1 Å². The van der Waals surface area contributed by atoms with Gasteiger partial charge >= 0.3 is 0 Å². The van der Waals surface area contributed by atoms with Crippen LogP contribution in [-0.4, -0.2) is 5.71 Å². The molecule has 0 aliphatic carbocycles. The summed E-state index contributed by atoms with van der Waals surface area (Å²) in [6, 6.07) is 0. The van der Waals surface area contributed by atoms with E-state index in [0.29, 0.717) is 11.8 Å². The molecular formula is C10H19N. The van der Waals surface area contributed by atoms with Crippen LogP contribution in [0.5, 0.6) is 0 Å². The van der Waals surface area contributed by atoms with E-state index in [1.54, 1.807) is 0 Å². The third-order valence-electron chi connectivity index (χ3n) is 2.03. The smallest absolute Gasteiger partial charge is 0.0308 e. The third kappa shape index (κ3) is 4.77. The Labute approximate surface area is 70.0 Å². The Bertz CT molecular complexity index is 145. The second-order valence-corrected chi connectivity index (χ2v) is 3.34. The summed E-state index contributed by atoms with van der Waals surface area (Å²) in [4.78, 5) is 0. The van der Waals surface area contributed by atoms with Gasteiger partial charge in [-0.15, -0.1) is 0 Å². The lowest BCUT2D eigenvalue weighted by Gasteiger charge is -2.09. The van der Waals surface area contributed by atoms with Crippen LogP contribution in [0.2, 0.25) is 0 Å². The largest absolute Gasteiger partial charge is 0.305 e. The predicted molar refractivity (Wildman–Crippen MR) is 51.2 cm³/mol. The summed E-state index contributed by atoms with van der Waals surface area (Å²) in [5.41, 5.74) is 0.720. The van der Waals surface area contributed by atoms with Gasteiger partial charge in [0.15, 0.2) is 0 Å². The van der Waals surface area contributed by atoms with Gasteiger partial charge in [-0.1, -0.05) is 33.8 Å². The van der Waals surface area contributed by atoms with Crippen molar-refractivity contribution in [2.75, 3.05) is 0 Å². The molecule has 11 heavy (non-hydrogen) atoms. The lowest BCUT2D eigenvalue weighted by Crippen LogP contribution is -2.00. The Hall–Kier alpha value is -0.590. The average Bonchev–Trinajstić information content (AvgIpc) is 1.99. The molecule has 0 saturated carbocycles. The minimum atomic E-state index is 0.585. The molecule has 0 bridgehead atoms. The summed E-state index contributed by atoms with van der Waals surface area (Å²) >= 11 is 0. The minimum absolute atomic E-state index is 0.585. The lowest BCUT2D eigenvalue weighted by atomic mass is 9.97. The standard InChI is InChI=1S/C10H19N/c1-5-10(11)7-6-9(4)8(2)3/h6-9,11H,5H2,1-4H3/b7-6-,11-10?. The Morgan fingerprint density at radius 3 is 2.27 bits per heavy atom. The Morgan fingerprint density at radius 2 is 1.91 bits per heavy atom. The molecule has 1 unspecified atom stereocenters. The molecule has 0 rings (SSSR count). The molecule has 0 heterocycles. The molecule has 0 fully saturated rings. The van der Waals surface area contributed by atoms with E-state index in [4.69, 9.17) is 5.41 Å². The Balaban J connectivity index is 3.82. The van der Waals surface area contributed by atoms with Gasteiger partial charge in [0.2, 0.25) is 0 Å². The van der Waals surface area contributed by atoms with Crippen molar-refractivity contribution in [2.45, 2.75) is 34.1 Å².